The first-order valence-corrected chi connectivity index (χ1v) is 10.8. The molecule has 1 saturated heterocycles. The van der Waals surface area contributed by atoms with Crippen LogP contribution in [0.4, 0.5) is 5.69 Å². The van der Waals surface area contributed by atoms with Crippen LogP contribution in [-0.2, 0) is 11.5 Å². The van der Waals surface area contributed by atoms with Crippen molar-refractivity contribution in [2.75, 3.05) is 38.0 Å². The molecule has 4 rings (SSSR count). The number of hydrogen-bond acceptors (Lipinski definition) is 7. The Kier molecular flexibility index (Phi) is 6.12. The first-order valence-electron chi connectivity index (χ1n) is 9.92. The van der Waals surface area contributed by atoms with E-state index in [1.54, 1.807) is 0 Å². The van der Waals surface area contributed by atoms with E-state index in [9.17, 15) is 9.59 Å². The lowest BCUT2D eigenvalue weighted by atomic mass is 10.1. The molecule has 158 valence electrons. The maximum atomic E-state index is 12.5. The summed E-state index contributed by atoms with van der Waals surface area (Å²) < 4.78 is 6.63. The van der Waals surface area contributed by atoms with Crippen molar-refractivity contribution >= 4 is 22.9 Å². The average Bonchev–Trinajstić information content (AvgIpc) is 3.37. The quantitative estimate of drug-likeness (QED) is 0.650. The summed E-state index contributed by atoms with van der Waals surface area (Å²) in [4.78, 5) is 29.7. The highest BCUT2D eigenvalue weighted by Crippen LogP contribution is 2.21. The van der Waals surface area contributed by atoms with Crippen LogP contribution in [0.3, 0.4) is 0 Å². The van der Waals surface area contributed by atoms with E-state index in [4.69, 9.17) is 4.42 Å². The molecule has 9 heteroatoms. The number of anilines is 1. The Morgan fingerprint density at radius 1 is 1.10 bits per heavy atom. The highest BCUT2D eigenvalue weighted by atomic mass is 32.1. The number of hydrogen-bond donors (Lipinski definition) is 1. The number of benzene rings is 1. The van der Waals surface area contributed by atoms with Crippen molar-refractivity contribution in [3.05, 3.63) is 57.4 Å². The predicted molar refractivity (Wildman–Crippen MR) is 117 cm³/mol. The molecule has 0 unspecified atom stereocenters. The van der Waals surface area contributed by atoms with Gasteiger partial charge in [0.15, 0.2) is 0 Å². The highest BCUT2D eigenvalue weighted by Gasteiger charge is 2.21. The van der Waals surface area contributed by atoms with Crippen molar-refractivity contribution in [1.82, 2.24) is 19.6 Å². The van der Waals surface area contributed by atoms with E-state index in [1.807, 2.05) is 49.6 Å². The van der Waals surface area contributed by atoms with Gasteiger partial charge in [-0.25, -0.2) is 4.79 Å². The SMILES string of the molecule is Cc1cccc(C)c1NC(=O)CN1CCN(Cn2nc(-c3cccs3)oc2=O)CC1. The second-order valence-corrected chi connectivity index (χ2v) is 8.45. The number of aromatic nitrogens is 2. The smallest absolute Gasteiger partial charge is 0.387 e. The van der Waals surface area contributed by atoms with Crippen molar-refractivity contribution in [2.24, 2.45) is 0 Å². The van der Waals surface area contributed by atoms with Gasteiger partial charge in [0.2, 0.25) is 5.91 Å². The fraction of sp³-hybridized carbons (Fsp3) is 0.381. The molecule has 1 amide bonds. The summed E-state index contributed by atoms with van der Waals surface area (Å²) in [6.45, 7) is 7.75. The average molecular weight is 428 g/mol. The summed E-state index contributed by atoms with van der Waals surface area (Å²) in [5.74, 6) is -0.0974. The molecule has 1 aromatic carbocycles. The molecule has 0 aliphatic carbocycles. The number of thiophene rings is 1. The molecule has 1 N–H and O–H groups in total. The molecule has 3 heterocycles. The molecule has 0 bridgehead atoms. The number of rotatable bonds is 6. The number of nitrogens with one attached hydrogen (secondary N) is 1. The number of carbonyl (C=O) groups is 1. The normalized spacial score (nSPS) is 15.4. The van der Waals surface area contributed by atoms with Crippen molar-refractivity contribution in [1.29, 1.82) is 0 Å². The van der Waals surface area contributed by atoms with Crippen molar-refractivity contribution in [3.8, 4) is 10.8 Å². The Hall–Kier alpha value is -2.75. The Balaban J connectivity index is 1.28. The summed E-state index contributed by atoms with van der Waals surface area (Å²) >= 11 is 1.49. The van der Waals surface area contributed by atoms with Crippen molar-refractivity contribution < 1.29 is 9.21 Å². The van der Waals surface area contributed by atoms with E-state index in [0.29, 0.717) is 19.1 Å². The third kappa shape index (κ3) is 4.69. The van der Waals surface area contributed by atoms with E-state index in [1.165, 1.54) is 16.0 Å². The van der Waals surface area contributed by atoms with Gasteiger partial charge >= 0.3 is 5.76 Å². The van der Waals surface area contributed by atoms with Gasteiger partial charge in [0.25, 0.3) is 5.89 Å². The van der Waals surface area contributed by atoms with Gasteiger partial charge in [-0.1, -0.05) is 24.3 Å². The second kappa shape index (κ2) is 8.95. The molecule has 1 aliphatic rings. The van der Waals surface area contributed by atoms with Gasteiger partial charge in [-0.05, 0) is 36.4 Å². The van der Waals surface area contributed by atoms with Crippen LogP contribution in [0.2, 0.25) is 0 Å². The monoisotopic (exact) mass is 427 g/mol. The first kappa shape index (κ1) is 20.5. The van der Waals surface area contributed by atoms with E-state index < -0.39 is 5.76 Å². The fourth-order valence-corrected chi connectivity index (χ4v) is 4.21. The number of piperazine rings is 1. The maximum Gasteiger partial charge on any atom is 0.438 e. The molecular weight excluding hydrogens is 402 g/mol. The summed E-state index contributed by atoms with van der Waals surface area (Å²) in [6, 6.07) is 9.76. The lowest BCUT2D eigenvalue weighted by Gasteiger charge is -2.33. The molecular formula is C21H25N5O3S. The molecule has 30 heavy (non-hydrogen) atoms. The minimum atomic E-state index is -0.450. The topological polar surface area (TPSA) is 83.6 Å². The van der Waals surface area contributed by atoms with Gasteiger partial charge in [-0.2, -0.15) is 4.68 Å². The van der Waals surface area contributed by atoms with Crippen LogP contribution in [-0.4, -0.2) is 58.2 Å². The largest absolute Gasteiger partial charge is 0.438 e. The van der Waals surface area contributed by atoms with Crippen LogP contribution in [0.1, 0.15) is 11.1 Å². The van der Waals surface area contributed by atoms with Gasteiger partial charge < -0.3 is 9.73 Å². The van der Waals surface area contributed by atoms with Crippen LogP contribution in [0.5, 0.6) is 0 Å². The van der Waals surface area contributed by atoms with E-state index in [-0.39, 0.29) is 5.91 Å². The Morgan fingerprint density at radius 3 is 2.47 bits per heavy atom. The van der Waals surface area contributed by atoms with E-state index >= 15 is 0 Å². The van der Waals surface area contributed by atoms with Gasteiger partial charge in [0, 0.05) is 31.9 Å². The number of nitrogens with zero attached hydrogens (tertiary/aromatic N) is 4. The minimum absolute atomic E-state index is 0.00541. The van der Waals surface area contributed by atoms with Gasteiger partial charge in [0.05, 0.1) is 11.4 Å². The first-order chi connectivity index (χ1) is 14.5. The van der Waals surface area contributed by atoms with E-state index in [2.05, 4.69) is 20.2 Å². The Labute approximate surface area is 178 Å². The zero-order valence-electron chi connectivity index (χ0n) is 17.1. The maximum absolute atomic E-state index is 12.5. The van der Waals surface area contributed by atoms with Crippen LogP contribution in [0.25, 0.3) is 10.8 Å². The molecule has 1 fully saturated rings. The van der Waals surface area contributed by atoms with Crippen LogP contribution < -0.4 is 11.1 Å². The number of carbonyl (C=O) groups excluding carboxylic acids is 1. The van der Waals surface area contributed by atoms with E-state index in [0.717, 1.165) is 47.9 Å². The number of aryl methyl sites for hydroxylation is 2. The number of para-hydroxylation sites is 1. The molecule has 0 spiro atoms. The zero-order chi connectivity index (χ0) is 21.1. The van der Waals surface area contributed by atoms with Crippen LogP contribution in [0.15, 0.2) is 44.9 Å². The molecule has 0 atom stereocenters. The predicted octanol–water partition coefficient (Wildman–Crippen LogP) is 2.40. The van der Waals surface area contributed by atoms with Crippen molar-refractivity contribution in [3.63, 3.8) is 0 Å². The number of amides is 1. The molecule has 3 aromatic rings. The standard InChI is InChI=1S/C21H25N5O3S/c1-15-5-3-6-16(2)19(15)22-18(27)13-24-8-10-25(11-9-24)14-26-21(28)29-20(23-26)17-7-4-12-30-17/h3-7,12H,8-11,13-14H2,1-2H3,(H,22,27). The van der Waals surface area contributed by atoms with Gasteiger partial charge in [-0.3, -0.25) is 14.6 Å². The fourth-order valence-electron chi connectivity index (χ4n) is 3.57. The second-order valence-electron chi connectivity index (χ2n) is 7.50. The third-order valence-electron chi connectivity index (χ3n) is 5.25. The Bertz CT molecular complexity index is 1040. The summed E-state index contributed by atoms with van der Waals surface area (Å²) in [6.07, 6.45) is 0. The molecule has 0 saturated carbocycles. The molecule has 1 aliphatic heterocycles. The van der Waals surface area contributed by atoms with Crippen molar-refractivity contribution in [2.45, 2.75) is 20.5 Å². The highest BCUT2D eigenvalue weighted by molar-refractivity contribution is 7.13. The minimum Gasteiger partial charge on any atom is -0.387 e. The summed E-state index contributed by atoms with van der Waals surface area (Å²) in [5.41, 5.74) is 3.02. The third-order valence-corrected chi connectivity index (χ3v) is 6.11. The molecule has 8 nitrogen and oxygen atoms in total. The Morgan fingerprint density at radius 2 is 1.80 bits per heavy atom. The van der Waals surface area contributed by atoms with Crippen LogP contribution in [0, 0.1) is 13.8 Å². The van der Waals surface area contributed by atoms with Gasteiger partial charge in [0.1, 0.15) is 6.67 Å². The molecule has 0 radical (unpaired) electrons. The lowest BCUT2D eigenvalue weighted by molar-refractivity contribution is -0.117. The zero-order valence-corrected chi connectivity index (χ0v) is 17.9. The molecule has 2 aromatic heterocycles. The lowest BCUT2D eigenvalue weighted by Crippen LogP contribution is -2.49. The van der Waals surface area contributed by atoms with Crippen LogP contribution >= 0.6 is 11.3 Å². The van der Waals surface area contributed by atoms with Gasteiger partial charge in [-0.15, -0.1) is 16.4 Å². The summed E-state index contributed by atoms with van der Waals surface area (Å²) in [7, 11) is 0. The summed E-state index contributed by atoms with van der Waals surface area (Å²) in [5, 5.41) is 9.27.